The van der Waals surface area contributed by atoms with Gasteiger partial charge in [-0.2, -0.15) is 4.39 Å². The molecule has 0 amide bonds. The van der Waals surface area contributed by atoms with Gasteiger partial charge in [0, 0.05) is 37.5 Å². The number of aromatic nitrogens is 3. The van der Waals surface area contributed by atoms with Crippen molar-refractivity contribution in [2.75, 3.05) is 25.0 Å². The molecule has 2 N–H and O–H groups in total. The van der Waals surface area contributed by atoms with Crippen LogP contribution >= 0.6 is 11.6 Å². The standard InChI is InChI=1S/C15H17ClFN5O/c1-22(10-3-2-5-18-8-10)14-12(16)15(23)21-13(20-14)9-4-6-19-11(17)7-9/h4,6-7,10,18H,2-3,5,8H2,1H3,(H,20,21,23). The minimum absolute atomic E-state index is 0.0383. The molecule has 0 radical (unpaired) electrons. The number of rotatable bonds is 3. The van der Waals surface area contributed by atoms with Crippen LogP contribution in [0.3, 0.4) is 0 Å². The molecule has 2 aromatic rings. The first kappa shape index (κ1) is 15.9. The molecule has 3 heterocycles. The normalized spacial score (nSPS) is 18.0. The van der Waals surface area contributed by atoms with E-state index in [-0.39, 0.29) is 16.9 Å². The Morgan fingerprint density at radius 1 is 1.48 bits per heavy atom. The highest BCUT2D eigenvalue weighted by Gasteiger charge is 2.23. The number of pyridine rings is 1. The van der Waals surface area contributed by atoms with Gasteiger partial charge in [-0.1, -0.05) is 11.6 Å². The van der Waals surface area contributed by atoms with E-state index in [1.54, 1.807) is 6.07 Å². The van der Waals surface area contributed by atoms with Gasteiger partial charge in [-0.25, -0.2) is 9.97 Å². The number of nitrogens with zero attached hydrogens (tertiary/aromatic N) is 3. The number of likely N-dealkylation sites (N-methyl/N-ethyl adjacent to an activating group) is 1. The van der Waals surface area contributed by atoms with Crippen LogP contribution in [0, 0.1) is 5.95 Å². The number of aromatic amines is 1. The fraction of sp³-hybridized carbons (Fsp3) is 0.400. The van der Waals surface area contributed by atoms with Gasteiger partial charge in [0.2, 0.25) is 5.95 Å². The summed E-state index contributed by atoms with van der Waals surface area (Å²) in [6, 6.07) is 3.01. The smallest absolute Gasteiger partial charge is 0.272 e. The Labute approximate surface area is 137 Å². The van der Waals surface area contributed by atoms with Crippen molar-refractivity contribution >= 4 is 17.4 Å². The maximum Gasteiger partial charge on any atom is 0.272 e. The molecule has 0 aliphatic carbocycles. The van der Waals surface area contributed by atoms with E-state index in [9.17, 15) is 9.18 Å². The molecular weight excluding hydrogens is 321 g/mol. The second-order valence-electron chi connectivity index (χ2n) is 5.53. The Morgan fingerprint density at radius 2 is 2.30 bits per heavy atom. The Kier molecular flexibility index (Phi) is 4.58. The first-order valence-corrected chi connectivity index (χ1v) is 7.79. The van der Waals surface area contributed by atoms with E-state index in [0.29, 0.717) is 11.4 Å². The minimum atomic E-state index is -0.633. The monoisotopic (exact) mass is 337 g/mol. The molecule has 8 heteroatoms. The first-order chi connectivity index (χ1) is 11.1. The van der Waals surface area contributed by atoms with E-state index < -0.39 is 11.5 Å². The van der Waals surface area contributed by atoms with Gasteiger partial charge in [-0.3, -0.25) is 4.79 Å². The van der Waals surface area contributed by atoms with E-state index in [0.717, 1.165) is 25.9 Å². The summed E-state index contributed by atoms with van der Waals surface area (Å²) in [5, 5.41) is 3.36. The maximum absolute atomic E-state index is 13.3. The summed E-state index contributed by atoms with van der Waals surface area (Å²) in [4.78, 5) is 24.6. The number of hydrogen-bond acceptors (Lipinski definition) is 5. The summed E-state index contributed by atoms with van der Waals surface area (Å²) in [6.45, 7) is 1.79. The summed E-state index contributed by atoms with van der Waals surface area (Å²) in [7, 11) is 1.86. The lowest BCUT2D eigenvalue weighted by molar-refractivity contribution is 0.443. The summed E-state index contributed by atoms with van der Waals surface area (Å²) in [5.41, 5.74) is 0.00203. The lowest BCUT2D eigenvalue weighted by atomic mass is 10.1. The van der Waals surface area contributed by atoms with Gasteiger partial charge in [0.15, 0.2) is 5.82 Å². The number of piperidine rings is 1. The Bertz CT molecular complexity index is 760. The zero-order chi connectivity index (χ0) is 16.4. The molecule has 1 aliphatic rings. The van der Waals surface area contributed by atoms with Crippen molar-refractivity contribution in [1.29, 1.82) is 0 Å². The largest absolute Gasteiger partial charge is 0.354 e. The van der Waals surface area contributed by atoms with E-state index in [4.69, 9.17) is 11.6 Å². The van der Waals surface area contributed by atoms with Crippen molar-refractivity contribution in [3.05, 3.63) is 39.7 Å². The van der Waals surface area contributed by atoms with Crippen molar-refractivity contribution in [3.63, 3.8) is 0 Å². The van der Waals surface area contributed by atoms with Gasteiger partial charge in [-0.05, 0) is 25.5 Å². The molecular formula is C15H17ClFN5O. The molecule has 0 aromatic carbocycles. The van der Waals surface area contributed by atoms with E-state index in [1.807, 2.05) is 11.9 Å². The van der Waals surface area contributed by atoms with Crippen LogP contribution in [0.1, 0.15) is 12.8 Å². The molecule has 1 fully saturated rings. The highest BCUT2D eigenvalue weighted by molar-refractivity contribution is 6.32. The van der Waals surface area contributed by atoms with Gasteiger partial charge in [0.1, 0.15) is 10.8 Å². The third-order valence-electron chi connectivity index (χ3n) is 4.00. The van der Waals surface area contributed by atoms with Crippen molar-refractivity contribution in [3.8, 4) is 11.4 Å². The fourth-order valence-electron chi connectivity index (χ4n) is 2.70. The first-order valence-electron chi connectivity index (χ1n) is 7.41. The topological polar surface area (TPSA) is 73.9 Å². The maximum atomic E-state index is 13.3. The molecule has 2 aromatic heterocycles. The fourth-order valence-corrected chi connectivity index (χ4v) is 2.93. The molecule has 0 bridgehead atoms. The van der Waals surface area contributed by atoms with Gasteiger partial charge >= 0.3 is 0 Å². The average molecular weight is 338 g/mol. The zero-order valence-corrected chi connectivity index (χ0v) is 13.4. The van der Waals surface area contributed by atoms with Crippen LogP contribution in [0.2, 0.25) is 5.02 Å². The van der Waals surface area contributed by atoms with E-state index >= 15 is 0 Å². The number of anilines is 1. The molecule has 1 aliphatic heterocycles. The van der Waals surface area contributed by atoms with Crippen LogP contribution in [0.5, 0.6) is 0 Å². The quantitative estimate of drug-likeness (QED) is 0.836. The molecule has 1 saturated heterocycles. The second kappa shape index (κ2) is 6.64. The van der Waals surface area contributed by atoms with Gasteiger partial charge in [0.25, 0.3) is 5.56 Å². The lowest BCUT2D eigenvalue weighted by Crippen LogP contribution is -2.45. The Hall–Kier alpha value is -1.99. The predicted octanol–water partition coefficient (Wildman–Crippen LogP) is 1.81. The third-order valence-corrected chi connectivity index (χ3v) is 4.34. The van der Waals surface area contributed by atoms with Crippen molar-refractivity contribution < 1.29 is 4.39 Å². The molecule has 6 nitrogen and oxygen atoms in total. The highest BCUT2D eigenvalue weighted by atomic mass is 35.5. The average Bonchev–Trinajstić information content (AvgIpc) is 2.57. The van der Waals surface area contributed by atoms with Crippen molar-refractivity contribution in [2.24, 2.45) is 0 Å². The van der Waals surface area contributed by atoms with Crippen LogP contribution in [0.4, 0.5) is 10.2 Å². The Morgan fingerprint density at radius 3 is 3.00 bits per heavy atom. The summed E-state index contributed by atoms with van der Waals surface area (Å²) in [5.74, 6) is 0.0362. The molecule has 1 unspecified atom stereocenters. The molecule has 1 atom stereocenters. The third kappa shape index (κ3) is 3.35. The molecule has 0 saturated carbocycles. The summed E-state index contributed by atoms with van der Waals surface area (Å²) in [6.07, 6.45) is 3.37. The minimum Gasteiger partial charge on any atom is -0.354 e. The van der Waals surface area contributed by atoms with Crippen LogP contribution in [-0.2, 0) is 0 Å². The number of hydrogen-bond donors (Lipinski definition) is 2. The zero-order valence-electron chi connectivity index (χ0n) is 12.6. The van der Waals surface area contributed by atoms with Crippen LogP contribution in [-0.4, -0.2) is 41.1 Å². The van der Waals surface area contributed by atoms with Gasteiger partial charge < -0.3 is 15.2 Å². The number of nitrogens with one attached hydrogen (secondary N) is 2. The van der Waals surface area contributed by atoms with E-state index in [2.05, 4.69) is 20.3 Å². The van der Waals surface area contributed by atoms with Crippen molar-refractivity contribution in [1.82, 2.24) is 20.3 Å². The van der Waals surface area contributed by atoms with Gasteiger partial charge in [-0.15, -0.1) is 0 Å². The SMILES string of the molecule is CN(c1nc(-c2ccnc(F)c2)[nH]c(=O)c1Cl)C1CCCNC1. The van der Waals surface area contributed by atoms with E-state index in [1.165, 1.54) is 12.3 Å². The summed E-state index contributed by atoms with van der Waals surface area (Å²) < 4.78 is 13.3. The summed E-state index contributed by atoms with van der Waals surface area (Å²) >= 11 is 6.14. The Balaban J connectivity index is 2.01. The molecule has 3 rings (SSSR count). The van der Waals surface area contributed by atoms with Gasteiger partial charge in [0.05, 0.1) is 0 Å². The van der Waals surface area contributed by atoms with Crippen molar-refractivity contribution in [2.45, 2.75) is 18.9 Å². The lowest BCUT2D eigenvalue weighted by Gasteiger charge is -2.32. The molecule has 122 valence electrons. The van der Waals surface area contributed by atoms with Crippen LogP contribution in [0.15, 0.2) is 23.1 Å². The predicted molar refractivity (Wildman–Crippen MR) is 87.4 cm³/mol. The second-order valence-corrected chi connectivity index (χ2v) is 5.91. The highest BCUT2D eigenvalue weighted by Crippen LogP contribution is 2.25. The van der Waals surface area contributed by atoms with Crippen LogP contribution in [0.25, 0.3) is 11.4 Å². The van der Waals surface area contributed by atoms with Crippen LogP contribution < -0.4 is 15.8 Å². The number of halogens is 2. The number of H-pyrrole nitrogens is 1. The molecule has 0 spiro atoms. The molecule has 23 heavy (non-hydrogen) atoms.